The summed E-state index contributed by atoms with van der Waals surface area (Å²) in [5, 5.41) is 3.43. The zero-order valence-electron chi connectivity index (χ0n) is 9.77. The Kier molecular flexibility index (Phi) is 5.21. The molecule has 0 saturated heterocycles. The molecule has 4 nitrogen and oxygen atoms in total. The molecule has 0 bridgehead atoms. The number of hydrogen-bond donors (Lipinski definition) is 1. The number of nitrogens with zero attached hydrogens (tertiary/aromatic N) is 3. The second-order valence-electron chi connectivity index (χ2n) is 4.07. The summed E-state index contributed by atoms with van der Waals surface area (Å²) in [5.41, 5.74) is 0.995. The molecule has 0 aliphatic heterocycles. The number of hydrogen-bond acceptors (Lipinski definition) is 4. The van der Waals surface area contributed by atoms with Crippen molar-refractivity contribution >= 4 is 0 Å². The molecule has 15 heavy (non-hydrogen) atoms. The molecule has 4 heteroatoms. The Morgan fingerprint density at radius 3 is 2.80 bits per heavy atom. The molecule has 1 aromatic rings. The lowest BCUT2D eigenvalue weighted by Crippen LogP contribution is -2.29. The summed E-state index contributed by atoms with van der Waals surface area (Å²) in [6.07, 6.45) is 6.36. The molecule has 84 valence electrons. The zero-order chi connectivity index (χ0) is 11.1. The van der Waals surface area contributed by atoms with E-state index in [9.17, 15) is 0 Å². The van der Waals surface area contributed by atoms with Gasteiger partial charge in [-0.2, -0.15) is 0 Å². The van der Waals surface area contributed by atoms with Crippen molar-refractivity contribution in [2.45, 2.75) is 25.9 Å². The minimum Gasteiger partial charge on any atom is -0.309 e. The molecule has 0 fully saturated rings. The van der Waals surface area contributed by atoms with Gasteiger partial charge in [0.1, 0.15) is 0 Å². The van der Waals surface area contributed by atoms with E-state index in [2.05, 4.69) is 41.2 Å². The van der Waals surface area contributed by atoms with Crippen molar-refractivity contribution in [2.75, 3.05) is 20.6 Å². The van der Waals surface area contributed by atoms with Gasteiger partial charge in [-0.15, -0.1) is 0 Å². The minimum absolute atomic E-state index is 0.509. The van der Waals surface area contributed by atoms with Crippen molar-refractivity contribution in [1.29, 1.82) is 0 Å². The lowest BCUT2D eigenvalue weighted by atomic mass is 10.2. The second-order valence-corrected chi connectivity index (χ2v) is 4.07. The molecule has 1 aromatic heterocycles. The van der Waals surface area contributed by atoms with Crippen LogP contribution in [-0.4, -0.2) is 41.5 Å². The molecule has 0 aliphatic rings. The molecule has 0 amide bonds. The summed E-state index contributed by atoms with van der Waals surface area (Å²) in [7, 11) is 4.19. The Bertz CT molecular complexity index is 261. The first-order valence-corrected chi connectivity index (χ1v) is 5.31. The van der Waals surface area contributed by atoms with Crippen molar-refractivity contribution in [3.63, 3.8) is 0 Å². The summed E-state index contributed by atoms with van der Waals surface area (Å²) >= 11 is 0. The maximum Gasteiger partial charge on any atom is 0.0724 e. The SMILES string of the molecule is CC(CCN(C)C)NCc1cnccn1. The van der Waals surface area contributed by atoms with Crippen molar-refractivity contribution in [1.82, 2.24) is 20.2 Å². The second kappa shape index (κ2) is 6.48. The van der Waals surface area contributed by atoms with Crippen LogP contribution in [0.5, 0.6) is 0 Å². The Hall–Kier alpha value is -1.00. The molecule has 1 unspecified atom stereocenters. The van der Waals surface area contributed by atoms with Crippen LogP contribution in [0.1, 0.15) is 19.0 Å². The topological polar surface area (TPSA) is 41.0 Å². The fraction of sp³-hybridized carbons (Fsp3) is 0.636. The number of nitrogens with one attached hydrogen (secondary N) is 1. The Labute approximate surface area is 91.7 Å². The maximum absolute atomic E-state index is 4.21. The van der Waals surface area contributed by atoms with E-state index < -0.39 is 0 Å². The van der Waals surface area contributed by atoms with E-state index in [4.69, 9.17) is 0 Å². The van der Waals surface area contributed by atoms with Gasteiger partial charge in [-0.1, -0.05) is 0 Å². The van der Waals surface area contributed by atoms with Crippen LogP contribution in [0.2, 0.25) is 0 Å². The van der Waals surface area contributed by atoms with Gasteiger partial charge in [0.2, 0.25) is 0 Å². The van der Waals surface area contributed by atoms with Crippen LogP contribution in [0.3, 0.4) is 0 Å². The normalized spacial score (nSPS) is 13.1. The summed E-state index contributed by atoms with van der Waals surface area (Å²) in [6, 6.07) is 0.509. The maximum atomic E-state index is 4.21. The third-order valence-electron chi connectivity index (χ3n) is 2.26. The molecule has 1 heterocycles. The summed E-state index contributed by atoms with van der Waals surface area (Å²) < 4.78 is 0. The van der Waals surface area contributed by atoms with Gasteiger partial charge < -0.3 is 10.2 Å². The molecule has 0 aromatic carbocycles. The van der Waals surface area contributed by atoms with Crippen molar-refractivity contribution in [2.24, 2.45) is 0 Å². The smallest absolute Gasteiger partial charge is 0.0724 e. The number of aromatic nitrogens is 2. The van der Waals surface area contributed by atoms with Crippen molar-refractivity contribution in [3.05, 3.63) is 24.3 Å². The molecular weight excluding hydrogens is 188 g/mol. The lowest BCUT2D eigenvalue weighted by Gasteiger charge is -2.16. The third-order valence-corrected chi connectivity index (χ3v) is 2.26. The first-order chi connectivity index (χ1) is 7.18. The average molecular weight is 208 g/mol. The van der Waals surface area contributed by atoms with Crippen LogP contribution >= 0.6 is 0 Å². The van der Waals surface area contributed by atoms with E-state index in [1.165, 1.54) is 0 Å². The molecule has 0 aliphatic carbocycles. The van der Waals surface area contributed by atoms with E-state index >= 15 is 0 Å². The summed E-state index contributed by atoms with van der Waals surface area (Å²) in [4.78, 5) is 10.4. The molecule has 0 spiro atoms. The molecule has 1 rings (SSSR count). The monoisotopic (exact) mass is 208 g/mol. The first-order valence-electron chi connectivity index (χ1n) is 5.31. The summed E-state index contributed by atoms with van der Waals surface area (Å²) in [6.45, 7) is 4.09. The van der Waals surface area contributed by atoms with Gasteiger partial charge >= 0.3 is 0 Å². The predicted octanol–water partition coefficient (Wildman–Crippen LogP) is 0.906. The average Bonchev–Trinajstić information content (AvgIpc) is 2.25. The van der Waals surface area contributed by atoms with Crippen LogP contribution < -0.4 is 5.32 Å². The van der Waals surface area contributed by atoms with Gasteiger partial charge in [0.05, 0.1) is 5.69 Å². The molecule has 0 saturated carbocycles. The van der Waals surface area contributed by atoms with Crippen molar-refractivity contribution < 1.29 is 0 Å². The molecule has 0 radical (unpaired) electrons. The lowest BCUT2D eigenvalue weighted by molar-refractivity contribution is 0.365. The Morgan fingerprint density at radius 1 is 1.40 bits per heavy atom. The Balaban J connectivity index is 2.19. The fourth-order valence-corrected chi connectivity index (χ4v) is 1.25. The van der Waals surface area contributed by atoms with Crippen LogP contribution in [-0.2, 0) is 6.54 Å². The highest BCUT2D eigenvalue weighted by molar-refractivity contribution is 4.93. The highest BCUT2D eigenvalue weighted by Gasteiger charge is 2.02. The van der Waals surface area contributed by atoms with E-state index in [1.807, 2.05) is 0 Å². The van der Waals surface area contributed by atoms with E-state index in [-0.39, 0.29) is 0 Å². The molecule has 1 N–H and O–H groups in total. The van der Waals surface area contributed by atoms with E-state index in [0.29, 0.717) is 6.04 Å². The molecule has 1 atom stereocenters. The van der Waals surface area contributed by atoms with Crippen LogP contribution in [0, 0.1) is 0 Å². The molecular formula is C11H20N4. The van der Waals surface area contributed by atoms with Crippen molar-refractivity contribution in [3.8, 4) is 0 Å². The van der Waals surface area contributed by atoms with Gasteiger partial charge in [-0.05, 0) is 34.0 Å². The standard InChI is InChI=1S/C11H20N4/c1-10(4-7-15(2)3)14-9-11-8-12-5-6-13-11/h5-6,8,10,14H,4,7,9H2,1-3H3. The predicted molar refractivity (Wildman–Crippen MR) is 61.5 cm³/mol. The minimum atomic E-state index is 0.509. The van der Waals surface area contributed by atoms with E-state index in [1.54, 1.807) is 18.6 Å². The van der Waals surface area contributed by atoms with Gasteiger partial charge in [0.15, 0.2) is 0 Å². The quantitative estimate of drug-likeness (QED) is 0.754. The Morgan fingerprint density at radius 2 is 2.20 bits per heavy atom. The fourth-order valence-electron chi connectivity index (χ4n) is 1.25. The third kappa shape index (κ3) is 5.44. The van der Waals surface area contributed by atoms with Crippen LogP contribution in [0.25, 0.3) is 0 Å². The summed E-state index contributed by atoms with van der Waals surface area (Å²) in [5.74, 6) is 0. The van der Waals surface area contributed by atoms with Crippen LogP contribution in [0.15, 0.2) is 18.6 Å². The van der Waals surface area contributed by atoms with Gasteiger partial charge in [0.25, 0.3) is 0 Å². The van der Waals surface area contributed by atoms with Gasteiger partial charge in [-0.25, -0.2) is 0 Å². The van der Waals surface area contributed by atoms with E-state index in [0.717, 1.165) is 25.2 Å². The van der Waals surface area contributed by atoms with Crippen LogP contribution in [0.4, 0.5) is 0 Å². The largest absolute Gasteiger partial charge is 0.309 e. The van der Waals surface area contributed by atoms with Gasteiger partial charge in [0, 0.05) is 31.2 Å². The first kappa shape index (κ1) is 12.1. The van der Waals surface area contributed by atoms with Gasteiger partial charge in [-0.3, -0.25) is 9.97 Å². The number of rotatable bonds is 6. The highest BCUT2D eigenvalue weighted by Crippen LogP contribution is 1.95. The highest BCUT2D eigenvalue weighted by atomic mass is 15.1. The zero-order valence-corrected chi connectivity index (χ0v) is 9.77.